The fourth-order valence-corrected chi connectivity index (χ4v) is 4.84. The highest BCUT2D eigenvalue weighted by Crippen LogP contribution is 2.34. The fraction of sp³-hybridized carbons (Fsp3) is 0.227. The van der Waals surface area contributed by atoms with Gasteiger partial charge in [0.2, 0.25) is 6.79 Å². The lowest BCUT2D eigenvalue weighted by atomic mass is 10.2. The van der Waals surface area contributed by atoms with Crippen molar-refractivity contribution in [2.75, 3.05) is 42.6 Å². The summed E-state index contributed by atoms with van der Waals surface area (Å²) in [4.78, 5) is 25.2. The van der Waals surface area contributed by atoms with E-state index in [0.717, 1.165) is 5.82 Å². The molecule has 3 aromatic rings. The summed E-state index contributed by atoms with van der Waals surface area (Å²) in [6, 6.07) is 10.8. The van der Waals surface area contributed by atoms with Crippen LogP contribution in [0, 0.1) is 0 Å². The minimum atomic E-state index is -3.90. The molecule has 5 rings (SSSR count). The molecular formula is C22H21N5O5S. The van der Waals surface area contributed by atoms with Gasteiger partial charge in [-0.1, -0.05) is 6.07 Å². The Labute approximate surface area is 190 Å². The van der Waals surface area contributed by atoms with Crippen molar-refractivity contribution in [3.63, 3.8) is 0 Å². The highest BCUT2D eigenvalue weighted by molar-refractivity contribution is 7.92. The molecule has 0 atom stereocenters. The van der Waals surface area contributed by atoms with Crippen LogP contribution in [-0.4, -0.2) is 62.2 Å². The molecule has 170 valence electrons. The molecule has 2 aliphatic heterocycles. The second kappa shape index (κ2) is 8.58. The predicted molar refractivity (Wildman–Crippen MR) is 120 cm³/mol. The Bertz CT molecular complexity index is 1280. The summed E-state index contributed by atoms with van der Waals surface area (Å²) in [7, 11) is -3.90. The average molecular weight is 468 g/mol. The van der Waals surface area contributed by atoms with Crippen molar-refractivity contribution in [1.82, 2.24) is 14.9 Å². The number of sulfonamides is 1. The lowest BCUT2D eigenvalue weighted by Gasteiger charge is -2.35. The zero-order valence-corrected chi connectivity index (χ0v) is 18.4. The summed E-state index contributed by atoms with van der Waals surface area (Å²) in [6.45, 7) is 2.34. The normalized spacial score (nSPS) is 15.4. The van der Waals surface area contributed by atoms with Crippen LogP contribution in [-0.2, 0) is 10.0 Å². The summed E-state index contributed by atoms with van der Waals surface area (Å²) >= 11 is 0. The number of piperazine rings is 1. The third-order valence-electron chi connectivity index (χ3n) is 5.46. The Balaban J connectivity index is 1.28. The Hall–Kier alpha value is -3.86. The number of anilines is 2. The molecule has 3 heterocycles. The zero-order valence-electron chi connectivity index (χ0n) is 17.5. The summed E-state index contributed by atoms with van der Waals surface area (Å²) in [5.41, 5.74) is 0.660. The maximum atomic E-state index is 13.0. The Morgan fingerprint density at radius 1 is 0.970 bits per heavy atom. The Morgan fingerprint density at radius 2 is 1.79 bits per heavy atom. The first-order valence-electron chi connectivity index (χ1n) is 10.3. The largest absolute Gasteiger partial charge is 0.454 e. The van der Waals surface area contributed by atoms with Gasteiger partial charge in [0.25, 0.3) is 15.9 Å². The van der Waals surface area contributed by atoms with Gasteiger partial charge in [-0.3, -0.25) is 14.5 Å². The molecule has 10 nitrogen and oxygen atoms in total. The van der Waals surface area contributed by atoms with Crippen LogP contribution in [0.4, 0.5) is 11.5 Å². The van der Waals surface area contributed by atoms with Crippen LogP contribution in [0.25, 0.3) is 0 Å². The molecule has 0 spiro atoms. The SMILES string of the molecule is O=C(c1cccc(S(=O)(=O)Nc2ccc3c(c2)OCO3)c1)N1CCN(c2cnccn2)CC1. The first-order chi connectivity index (χ1) is 16.0. The molecule has 2 aromatic carbocycles. The van der Waals surface area contributed by atoms with E-state index < -0.39 is 10.0 Å². The van der Waals surface area contributed by atoms with Gasteiger partial charge >= 0.3 is 0 Å². The van der Waals surface area contributed by atoms with E-state index in [1.54, 1.807) is 53.8 Å². The molecule has 0 saturated carbocycles. The molecule has 1 aromatic heterocycles. The molecular weight excluding hydrogens is 446 g/mol. The minimum Gasteiger partial charge on any atom is -0.454 e. The van der Waals surface area contributed by atoms with Crippen LogP contribution in [0.2, 0.25) is 0 Å². The van der Waals surface area contributed by atoms with E-state index in [0.29, 0.717) is 48.9 Å². The topological polar surface area (TPSA) is 114 Å². The van der Waals surface area contributed by atoms with E-state index in [1.165, 1.54) is 12.1 Å². The average Bonchev–Trinajstić information content (AvgIpc) is 3.32. The fourth-order valence-electron chi connectivity index (χ4n) is 3.75. The maximum absolute atomic E-state index is 13.0. The van der Waals surface area contributed by atoms with Gasteiger partial charge in [-0.25, -0.2) is 13.4 Å². The smallest absolute Gasteiger partial charge is 0.261 e. The molecule has 0 aliphatic carbocycles. The second-order valence-corrected chi connectivity index (χ2v) is 9.23. The van der Waals surface area contributed by atoms with Crippen LogP contribution < -0.4 is 19.1 Å². The highest BCUT2D eigenvalue weighted by Gasteiger charge is 2.25. The Kier molecular flexibility index (Phi) is 5.47. The monoisotopic (exact) mass is 467 g/mol. The molecule has 1 N–H and O–H groups in total. The molecule has 1 saturated heterocycles. The molecule has 0 bridgehead atoms. The lowest BCUT2D eigenvalue weighted by Crippen LogP contribution is -2.49. The highest BCUT2D eigenvalue weighted by atomic mass is 32.2. The van der Waals surface area contributed by atoms with Crippen molar-refractivity contribution in [3.8, 4) is 11.5 Å². The molecule has 0 unspecified atom stereocenters. The molecule has 2 aliphatic rings. The quantitative estimate of drug-likeness (QED) is 0.606. The van der Waals surface area contributed by atoms with Gasteiger partial charge in [-0.05, 0) is 30.3 Å². The number of carbonyl (C=O) groups is 1. The number of rotatable bonds is 5. The van der Waals surface area contributed by atoms with E-state index in [1.807, 2.05) is 0 Å². The van der Waals surface area contributed by atoms with Crippen LogP contribution in [0.15, 0.2) is 66.0 Å². The number of benzene rings is 2. The van der Waals surface area contributed by atoms with Crippen molar-refractivity contribution < 1.29 is 22.7 Å². The van der Waals surface area contributed by atoms with E-state index in [9.17, 15) is 13.2 Å². The van der Waals surface area contributed by atoms with Crippen molar-refractivity contribution in [2.45, 2.75) is 4.90 Å². The van der Waals surface area contributed by atoms with E-state index in [4.69, 9.17) is 9.47 Å². The minimum absolute atomic E-state index is 0.00390. The molecule has 1 amide bonds. The van der Waals surface area contributed by atoms with Crippen molar-refractivity contribution >= 4 is 27.4 Å². The van der Waals surface area contributed by atoms with E-state index >= 15 is 0 Å². The molecule has 33 heavy (non-hydrogen) atoms. The van der Waals surface area contributed by atoms with E-state index in [2.05, 4.69) is 19.6 Å². The first kappa shape index (κ1) is 21.0. The van der Waals surface area contributed by atoms with E-state index in [-0.39, 0.29) is 17.6 Å². The van der Waals surface area contributed by atoms with Crippen LogP contribution in [0.1, 0.15) is 10.4 Å². The summed E-state index contributed by atoms with van der Waals surface area (Å²) < 4.78 is 38.9. The number of amides is 1. The third-order valence-corrected chi connectivity index (χ3v) is 6.84. The zero-order chi connectivity index (χ0) is 22.8. The number of nitrogens with zero attached hydrogens (tertiary/aromatic N) is 4. The van der Waals surface area contributed by atoms with Crippen LogP contribution >= 0.6 is 0 Å². The predicted octanol–water partition coefficient (Wildman–Crippen LogP) is 1.97. The third kappa shape index (κ3) is 4.40. The molecule has 1 fully saturated rings. The van der Waals surface area contributed by atoms with Gasteiger partial charge in [0.05, 0.1) is 16.8 Å². The summed E-state index contributed by atoms with van der Waals surface area (Å²) in [5.74, 6) is 1.59. The lowest BCUT2D eigenvalue weighted by molar-refractivity contribution is 0.0746. The first-order valence-corrected chi connectivity index (χ1v) is 11.8. The van der Waals surface area contributed by atoms with Gasteiger partial charge < -0.3 is 19.3 Å². The van der Waals surface area contributed by atoms with Crippen molar-refractivity contribution in [1.29, 1.82) is 0 Å². The molecule has 11 heteroatoms. The van der Waals surface area contributed by atoms with Gasteiger partial charge in [0, 0.05) is 50.2 Å². The van der Waals surface area contributed by atoms with Crippen molar-refractivity contribution in [2.24, 2.45) is 0 Å². The number of ether oxygens (including phenoxy) is 2. The van der Waals surface area contributed by atoms with Crippen LogP contribution in [0.3, 0.4) is 0 Å². The van der Waals surface area contributed by atoms with Gasteiger partial charge in [-0.2, -0.15) is 0 Å². The number of nitrogens with one attached hydrogen (secondary N) is 1. The number of fused-ring (bicyclic) bond motifs is 1. The van der Waals surface area contributed by atoms with Crippen molar-refractivity contribution in [3.05, 3.63) is 66.6 Å². The van der Waals surface area contributed by atoms with Gasteiger partial charge in [0.1, 0.15) is 5.82 Å². The number of hydrogen-bond donors (Lipinski definition) is 1. The Morgan fingerprint density at radius 3 is 2.58 bits per heavy atom. The number of aromatic nitrogens is 2. The number of hydrogen-bond acceptors (Lipinski definition) is 8. The van der Waals surface area contributed by atoms with Gasteiger partial charge in [-0.15, -0.1) is 0 Å². The number of carbonyl (C=O) groups excluding carboxylic acids is 1. The summed E-state index contributed by atoms with van der Waals surface area (Å²) in [6.07, 6.45) is 4.95. The maximum Gasteiger partial charge on any atom is 0.261 e. The van der Waals surface area contributed by atoms with Gasteiger partial charge in [0.15, 0.2) is 11.5 Å². The van der Waals surface area contributed by atoms with Crippen LogP contribution in [0.5, 0.6) is 11.5 Å². The molecule has 0 radical (unpaired) electrons. The summed E-state index contributed by atoms with van der Waals surface area (Å²) in [5, 5.41) is 0. The second-order valence-electron chi connectivity index (χ2n) is 7.54. The standard InChI is InChI=1S/C22H21N5O5S/c28-22(27-10-8-26(9-11-27)21-14-23-6-7-24-21)16-2-1-3-18(12-16)33(29,30)25-17-4-5-19-20(13-17)32-15-31-19/h1-7,12-14,25H,8-11,15H2.